The minimum Gasteiger partial charge on any atom is -0.368 e. The predicted octanol–water partition coefficient (Wildman–Crippen LogP) is 4.34. The molecule has 28 heavy (non-hydrogen) atoms. The molecule has 7 heteroatoms. The van der Waals surface area contributed by atoms with E-state index in [-0.39, 0.29) is 48.0 Å². The first-order valence-electron chi connectivity index (χ1n) is 16.1. The second-order valence-electron chi connectivity index (χ2n) is 6.37. The molecule has 1 aromatic rings. The third-order valence-electron chi connectivity index (χ3n) is 4.18. The van der Waals surface area contributed by atoms with Crippen LogP contribution in [0.2, 0.25) is 10.0 Å². The molecule has 2 aliphatic rings. The highest BCUT2D eigenvalue weighted by Gasteiger charge is 2.24. The van der Waals surface area contributed by atoms with E-state index in [1.54, 1.807) is 10.2 Å². The van der Waals surface area contributed by atoms with Gasteiger partial charge in [-0.25, -0.2) is 4.79 Å². The lowest BCUT2D eigenvalue weighted by molar-refractivity contribution is 0.194. The average molecular weight is 443 g/mol. The van der Waals surface area contributed by atoms with Gasteiger partial charge >= 0.3 is 6.03 Å². The van der Waals surface area contributed by atoms with Crippen LogP contribution in [0.4, 0.5) is 10.5 Å². The van der Waals surface area contributed by atoms with E-state index in [0.717, 1.165) is 4.90 Å². The van der Waals surface area contributed by atoms with Crippen LogP contribution in [0.15, 0.2) is 18.1 Å². The van der Waals surface area contributed by atoms with E-state index in [0.29, 0.717) is 0 Å². The summed E-state index contributed by atoms with van der Waals surface area (Å²) < 4.78 is 128. The summed E-state index contributed by atoms with van der Waals surface area (Å²) in [7, 11) is 2.37. The molecule has 1 saturated carbocycles. The van der Waals surface area contributed by atoms with Crippen LogP contribution in [-0.2, 0) is 0 Å². The van der Waals surface area contributed by atoms with Crippen LogP contribution in [0, 0.1) is 5.89 Å². The second-order valence-corrected chi connectivity index (χ2v) is 7.12. The Morgan fingerprint density at radius 3 is 2.61 bits per heavy atom. The van der Waals surface area contributed by atoms with Crippen molar-refractivity contribution in [3.05, 3.63) is 28.2 Å². The molecule has 156 valence electrons. The molecule has 1 aliphatic heterocycles. The van der Waals surface area contributed by atoms with Crippen LogP contribution in [-0.4, -0.2) is 68.7 Å². The van der Waals surface area contributed by atoms with Gasteiger partial charge < -0.3 is 15.1 Å². The monoisotopic (exact) mass is 441 g/mol. The molecule has 1 N–H and O–H groups in total. The smallest absolute Gasteiger partial charge is 0.317 e. The lowest BCUT2D eigenvalue weighted by atomic mass is 9.84. The summed E-state index contributed by atoms with van der Waals surface area (Å²) >= 11 is 12.3. The zero-order valence-corrected chi connectivity index (χ0v) is 17.1. The topological polar surface area (TPSA) is 38.8 Å². The number of hydrogen-bond donors (Lipinski definition) is 1. The molecule has 1 saturated heterocycles. The molecule has 0 atom stereocenters. The summed E-state index contributed by atoms with van der Waals surface area (Å²) in [5, 5.41) is 1.41. The van der Waals surface area contributed by atoms with Crippen LogP contribution in [0.1, 0.15) is 52.4 Å². The SMILES string of the molecule is [2H]c1c([2H])c(Cl)c(Cl)c(N2CCN(CC([2H])([2H])C3([2H])C([2H])([2H])C([2H])([2H])C([2H])(NC(=O)N(C)C)C([2H])([2H])C3([2H])[2H])CC2)c1[2H]. The highest BCUT2D eigenvalue weighted by atomic mass is 35.5. The largest absolute Gasteiger partial charge is 0.368 e. The van der Waals surface area contributed by atoms with Gasteiger partial charge in [0.2, 0.25) is 0 Å². The molecule has 0 aromatic heterocycles. The van der Waals surface area contributed by atoms with Gasteiger partial charge in [-0.15, -0.1) is 0 Å². The lowest BCUT2D eigenvalue weighted by Gasteiger charge is -2.37. The first-order valence-corrected chi connectivity index (χ1v) is 9.36. The number of hydrogen-bond acceptors (Lipinski definition) is 3. The van der Waals surface area contributed by atoms with Gasteiger partial charge in [0, 0.05) is 61.4 Å². The number of rotatable bonds is 5. The molecule has 0 unspecified atom stereocenters. The molecule has 0 bridgehead atoms. The number of benzene rings is 1. The molecule has 2 amide bonds. The quantitative estimate of drug-likeness (QED) is 0.738. The molecule has 5 nitrogen and oxygen atoms in total. The molecule has 1 aromatic carbocycles. The van der Waals surface area contributed by atoms with Crippen molar-refractivity contribution < 1.29 is 25.4 Å². The van der Waals surface area contributed by atoms with E-state index in [2.05, 4.69) is 0 Å². The fraction of sp³-hybridized carbons (Fsp3) is 0.667. The number of carbonyl (C=O) groups is 1. The Labute approximate surface area is 200 Å². The summed E-state index contributed by atoms with van der Waals surface area (Å²) in [5.74, 6) is -3.79. The first-order chi connectivity index (χ1) is 19.2. The molecular weight excluding hydrogens is 395 g/mol. The summed E-state index contributed by atoms with van der Waals surface area (Å²) in [6, 6.07) is -6.06. The van der Waals surface area contributed by atoms with Gasteiger partial charge in [-0.2, -0.15) is 0 Å². The Morgan fingerprint density at radius 2 is 1.96 bits per heavy atom. The van der Waals surface area contributed by atoms with Crippen LogP contribution in [0.3, 0.4) is 0 Å². The van der Waals surface area contributed by atoms with Gasteiger partial charge in [-0.05, 0) is 56.4 Å². The first kappa shape index (κ1) is 9.32. The Kier molecular flexibility index (Phi) is 3.34. The number of anilines is 1. The molecule has 3 rings (SSSR count). The molecule has 2 fully saturated rings. The molecule has 0 radical (unpaired) electrons. The predicted molar refractivity (Wildman–Crippen MR) is 118 cm³/mol. The van der Waals surface area contributed by atoms with Crippen molar-refractivity contribution in [3.8, 4) is 0 Å². The zero-order valence-electron chi connectivity index (χ0n) is 30.5. The maximum absolute atomic E-state index is 12.4. The maximum atomic E-state index is 12.4. The Hall–Kier alpha value is -1.17. The molecular formula is C21H32Cl2N4O. The maximum Gasteiger partial charge on any atom is 0.317 e. The van der Waals surface area contributed by atoms with E-state index in [9.17, 15) is 4.79 Å². The number of nitrogens with one attached hydrogen (secondary N) is 1. The van der Waals surface area contributed by atoms with Crippen molar-refractivity contribution in [2.24, 2.45) is 5.89 Å². The minimum atomic E-state index is -3.88. The molecule has 1 aliphatic carbocycles. The van der Waals surface area contributed by atoms with Gasteiger partial charge in [0.1, 0.15) is 0 Å². The van der Waals surface area contributed by atoms with Crippen molar-refractivity contribution in [3.63, 3.8) is 0 Å². The van der Waals surface area contributed by atoms with Crippen LogP contribution >= 0.6 is 23.2 Å². The third-order valence-corrected chi connectivity index (χ3v) is 4.93. The van der Waals surface area contributed by atoms with Crippen molar-refractivity contribution in [2.45, 2.75) is 37.9 Å². The van der Waals surface area contributed by atoms with E-state index in [1.807, 2.05) is 0 Å². The highest BCUT2D eigenvalue weighted by molar-refractivity contribution is 6.43. The van der Waals surface area contributed by atoms with Gasteiger partial charge in [0.15, 0.2) is 0 Å². The highest BCUT2D eigenvalue weighted by Crippen LogP contribution is 2.33. The van der Waals surface area contributed by atoms with E-state index >= 15 is 0 Å². The van der Waals surface area contributed by atoms with Gasteiger partial charge in [0.25, 0.3) is 0 Å². The van der Waals surface area contributed by atoms with Gasteiger partial charge in [-0.1, -0.05) is 29.2 Å². The summed E-state index contributed by atoms with van der Waals surface area (Å²) in [6.07, 6.45) is -18.7. The fourth-order valence-corrected chi connectivity index (χ4v) is 2.93. The lowest BCUT2D eigenvalue weighted by Crippen LogP contribution is -2.47. The fourth-order valence-electron chi connectivity index (χ4n) is 2.58. The van der Waals surface area contributed by atoms with E-state index in [4.69, 9.17) is 43.8 Å². The van der Waals surface area contributed by atoms with Crippen molar-refractivity contribution in [2.75, 3.05) is 51.7 Å². The number of amides is 2. The van der Waals surface area contributed by atoms with Crippen LogP contribution < -0.4 is 10.2 Å². The Bertz CT molecular complexity index is 1230. The Morgan fingerprint density at radius 1 is 1.29 bits per heavy atom. The second kappa shape index (κ2) is 10.0. The standard InChI is InChI=1S/C21H32Cl2N4O/c1-25(2)21(28)24-17-8-6-16(7-9-17)10-11-26-12-14-27(15-13-26)19-5-3-4-18(22)20(19)23/h3-5,16-17H,6-15H2,1-2H3,(H,24,28)/i3D,4D,5D,6D2,7D2,8D2,9D2,10D2,16D,17D. The summed E-state index contributed by atoms with van der Waals surface area (Å²) in [4.78, 5) is 16.2. The number of nitrogens with zero attached hydrogens (tertiary/aromatic N) is 3. The number of halogens is 2. The van der Waals surface area contributed by atoms with Crippen molar-refractivity contribution in [1.82, 2.24) is 15.1 Å². The minimum absolute atomic E-state index is 0.00794. The normalized spacial score (nSPS) is 44.3. The number of urea groups is 1. The summed E-state index contributed by atoms with van der Waals surface area (Å²) in [6.45, 7) is -0.735. The molecule has 1 heterocycles. The van der Waals surface area contributed by atoms with Crippen molar-refractivity contribution in [1.29, 1.82) is 0 Å². The molecule has 0 spiro atoms. The van der Waals surface area contributed by atoms with Gasteiger partial charge in [0.05, 0.1) is 21.2 Å². The Balaban J connectivity index is 1.98. The average Bonchev–Trinajstić information content (AvgIpc) is 2.89. The van der Waals surface area contributed by atoms with Crippen molar-refractivity contribution >= 4 is 34.9 Å². The van der Waals surface area contributed by atoms with E-state index in [1.165, 1.54) is 19.0 Å². The summed E-state index contributed by atoms with van der Waals surface area (Å²) in [5.41, 5.74) is 0.0835. The third kappa shape index (κ3) is 5.68. The number of piperazine rings is 1. The van der Waals surface area contributed by atoms with Crippen LogP contribution in [0.5, 0.6) is 0 Å². The van der Waals surface area contributed by atoms with Gasteiger partial charge in [-0.3, -0.25) is 4.90 Å². The number of carbonyl (C=O) groups excluding carboxylic acids is 1. The zero-order chi connectivity index (χ0) is 33.5. The van der Waals surface area contributed by atoms with E-state index < -0.39 is 68.4 Å². The van der Waals surface area contributed by atoms with Crippen LogP contribution in [0.25, 0.3) is 0 Å².